The van der Waals surface area contributed by atoms with Gasteiger partial charge in [0, 0.05) is 29.6 Å². The second kappa shape index (κ2) is 9.63. The molecule has 0 aliphatic rings. The van der Waals surface area contributed by atoms with Crippen LogP contribution in [0.25, 0.3) is 0 Å². The van der Waals surface area contributed by atoms with Gasteiger partial charge in [0.2, 0.25) is 0 Å². The van der Waals surface area contributed by atoms with Crippen LogP contribution in [-0.2, 0) is 0 Å². The third kappa shape index (κ3) is 20.7. The van der Waals surface area contributed by atoms with E-state index in [1.807, 2.05) is 0 Å². The van der Waals surface area contributed by atoms with E-state index >= 15 is 0 Å². The summed E-state index contributed by atoms with van der Waals surface area (Å²) >= 11 is 0. The molecular weight excluding hydrogens is 61.0 g/mol. The summed E-state index contributed by atoms with van der Waals surface area (Å²) < 4.78 is 0. The molecular formula is C2H5NNa. The number of hydrogen-bond donors (Lipinski definition) is 1. The SMILES string of the molecule is C=CN.[Na]. The van der Waals surface area contributed by atoms with Crippen molar-refractivity contribution < 1.29 is 0 Å². The van der Waals surface area contributed by atoms with Crippen molar-refractivity contribution in [3.05, 3.63) is 12.8 Å². The topological polar surface area (TPSA) is 26.0 Å². The van der Waals surface area contributed by atoms with Gasteiger partial charge in [0.05, 0.1) is 0 Å². The van der Waals surface area contributed by atoms with Gasteiger partial charge >= 0.3 is 0 Å². The number of nitrogens with two attached hydrogens (primary N) is 1. The Morgan fingerprint density at radius 2 is 1.75 bits per heavy atom. The summed E-state index contributed by atoms with van der Waals surface area (Å²) in [5.74, 6) is 0. The molecule has 0 saturated heterocycles. The molecule has 0 aliphatic carbocycles. The van der Waals surface area contributed by atoms with Crippen molar-refractivity contribution in [2.45, 2.75) is 0 Å². The van der Waals surface area contributed by atoms with E-state index in [1.54, 1.807) is 0 Å². The van der Waals surface area contributed by atoms with Gasteiger partial charge in [0.15, 0.2) is 0 Å². The van der Waals surface area contributed by atoms with Gasteiger partial charge in [-0.25, -0.2) is 0 Å². The summed E-state index contributed by atoms with van der Waals surface area (Å²) in [6.45, 7) is 3.14. The van der Waals surface area contributed by atoms with Gasteiger partial charge in [-0.1, -0.05) is 6.58 Å². The fourth-order valence-electron chi connectivity index (χ4n) is 0. The van der Waals surface area contributed by atoms with Crippen molar-refractivity contribution in [3.63, 3.8) is 0 Å². The first-order valence-corrected chi connectivity index (χ1v) is 0.742. The van der Waals surface area contributed by atoms with E-state index in [2.05, 4.69) is 12.3 Å². The zero-order valence-corrected chi connectivity index (χ0v) is 4.86. The Morgan fingerprint density at radius 1 is 1.75 bits per heavy atom. The molecule has 4 heavy (non-hydrogen) atoms. The van der Waals surface area contributed by atoms with Crippen LogP contribution in [0.4, 0.5) is 0 Å². The van der Waals surface area contributed by atoms with E-state index in [1.165, 1.54) is 6.20 Å². The first-order chi connectivity index (χ1) is 1.41. The molecule has 0 saturated carbocycles. The van der Waals surface area contributed by atoms with E-state index < -0.39 is 0 Å². The van der Waals surface area contributed by atoms with Crippen LogP contribution in [0.2, 0.25) is 0 Å². The maximum Gasteiger partial charge on any atom is 0 e. The molecule has 2 N–H and O–H groups in total. The largest absolute Gasteiger partial charge is 0.405 e. The third-order valence-corrected chi connectivity index (χ3v) is 0. The Bertz CT molecular complexity index is 13.5. The fraction of sp³-hybridized carbons (Fsp3) is 0. The fourth-order valence-corrected chi connectivity index (χ4v) is 0. The molecule has 0 aromatic carbocycles. The molecule has 19 valence electrons. The predicted octanol–water partition coefficient (Wildman–Crippen LogP) is -0.292. The average Bonchev–Trinajstić information content (AvgIpc) is 0.918. The summed E-state index contributed by atoms with van der Waals surface area (Å²) in [5, 5.41) is 0. The van der Waals surface area contributed by atoms with Crippen LogP contribution >= 0.6 is 0 Å². The second-order valence-electron chi connectivity index (χ2n) is 0.236. The average molecular weight is 66.1 g/mol. The van der Waals surface area contributed by atoms with Crippen LogP contribution in [0.1, 0.15) is 0 Å². The molecule has 2 heteroatoms. The molecule has 0 aromatic heterocycles. The van der Waals surface area contributed by atoms with E-state index in [0.29, 0.717) is 0 Å². The monoisotopic (exact) mass is 66.0 g/mol. The van der Waals surface area contributed by atoms with Crippen LogP contribution in [0.3, 0.4) is 0 Å². The summed E-state index contributed by atoms with van der Waals surface area (Å²) in [6, 6.07) is 0. The van der Waals surface area contributed by atoms with Crippen molar-refractivity contribution in [1.29, 1.82) is 0 Å². The van der Waals surface area contributed by atoms with E-state index in [-0.39, 0.29) is 29.6 Å². The van der Waals surface area contributed by atoms with Crippen molar-refractivity contribution in [3.8, 4) is 0 Å². The standard InChI is InChI=1S/C2H5N.Na/c1-2-3;/h2H,1,3H2;. The molecule has 1 nitrogen and oxygen atoms in total. The quantitative estimate of drug-likeness (QED) is 0.386. The smallest absolute Gasteiger partial charge is 0 e. The van der Waals surface area contributed by atoms with Gasteiger partial charge in [-0.2, -0.15) is 0 Å². The molecule has 0 unspecified atom stereocenters. The van der Waals surface area contributed by atoms with Crippen LogP contribution in [0.5, 0.6) is 0 Å². The van der Waals surface area contributed by atoms with E-state index in [0.717, 1.165) is 0 Å². The Morgan fingerprint density at radius 3 is 1.75 bits per heavy atom. The normalized spacial score (nSPS) is 3.00. The molecule has 0 spiro atoms. The first kappa shape index (κ1) is 8.82. The maximum atomic E-state index is 4.61. The zero-order valence-electron chi connectivity index (χ0n) is 2.86. The van der Waals surface area contributed by atoms with Gasteiger partial charge in [0.25, 0.3) is 0 Å². The molecule has 0 fully saturated rings. The van der Waals surface area contributed by atoms with E-state index in [9.17, 15) is 0 Å². The first-order valence-electron chi connectivity index (χ1n) is 0.742. The van der Waals surface area contributed by atoms with Crippen molar-refractivity contribution >= 4 is 29.6 Å². The number of rotatable bonds is 0. The van der Waals surface area contributed by atoms with Gasteiger partial charge in [0.1, 0.15) is 0 Å². The Kier molecular flexibility index (Phi) is 21.2. The van der Waals surface area contributed by atoms with Gasteiger partial charge < -0.3 is 5.73 Å². The van der Waals surface area contributed by atoms with Crippen LogP contribution < -0.4 is 5.73 Å². The molecule has 0 aromatic rings. The third-order valence-electron chi connectivity index (χ3n) is 0. The van der Waals surface area contributed by atoms with Crippen LogP contribution in [0.15, 0.2) is 12.8 Å². The molecule has 1 radical (unpaired) electrons. The minimum atomic E-state index is 0. The molecule has 0 amide bonds. The summed E-state index contributed by atoms with van der Waals surface area (Å²) in [5.41, 5.74) is 4.61. The summed E-state index contributed by atoms with van der Waals surface area (Å²) in [7, 11) is 0. The molecule has 0 aliphatic heterocycles. The molecule has 0 bridgehead atoms. The van der Waals surface area contributed by atoms with Gasteiger partial charge in [-0.05, 0) is 6.20 Å². The molecule has 0 rings (SSSR count). The van der Waals surface area contributed by atoms with Crippen molar-refractivity contribution in [2.75, 3.05) is 0 Å². The minimum absolute atomic E-state index is 0. The summed E-state index contributed by atoms with van der Waals surface area (Å²) in [6.07, 6.45) is 1.25. The van der Waals surface area contributed by atoms with Crippen LogP contribution in [-0.4, -0.2) is 29.6 Å². The molecule has 0 atom stereocenters. The summed E-state index contributed by atoms with van der Waals surface area (Å²) in [4.78, 5) is 0. The Balaban J connectivity index is 0. The van der Waals surface area contributed by atoms with Gasteiger partial charge in [-0.15, -0.1) is 0 Å². The van der Waals surface area contributed by atoms with Crippen molar-refractivity contribution in [1.82, 2.24) is 0 Å². The molecule has 0 heterocycles. The van der Waals surface area contributed by atoms with Gasteiger partial charge in [-0.3, -0.25) is 0 Å². The van der Waals surface area contributed by atoms with E-state index in [4.69, 9.17) is 0 Å². The Labute approximate surface area is 48.2 Å². The zero-order chi connectivity index (χ0) is 2.71. The maximum absolute atomic E-state index is 4.61. The predicted molar refractivity (Wildman–Crippen MR) is 20.1 cm³/mol. The second-order valence-corrected chi connectivity index (χ2v) is 0.236. The minimum Gasteiger partial charge on any atom is -0.405 e. The Hall–Kier alpha value is 0.540. The van der Waals surface area contributed by atoms with Crippen molar-refractivity contribution in [2.24, 2.45) is 5.73 Å². The van der Waals surface area contributed by atoms with Crippen LogP contribution in [0, 0.1) is 0 Å². The number of hydrogen-bond acceptors (Lipinski definition) is 1.